The van der Waals surface area contributed by atoms with Crippen LogP contribution in [0.4, 0.5) is 15.9 Å². The zero-order valence-corrected chi connectivity index (χ0v) is 13.6. The van der Waals surface area contributed by atoms with E-state index in [1.54, 1.807) is 18.5 Å². The van der Waals surface area contributed by atoms with Crippen molar-refractivity contribution in [1.29, 1.82) is 0 Å². The molecule has 0 bridgehead atoms. The van der Waals surface area contributed by atoms with Crippen LogP contribution in [-0.4, -0.2) is 21.0 Å². The second-order valence-electron chi connectivity index (χ2n) is 6.20. The predicted molar refractivity (Wildman–Crippen MR) is 94.9 cm³/mol. The van der Waals surface area contributed by atoms with Crippen molar-refractivity contribution >= 4 is 11.5 Å². The largest absolute Gasteiger partial charge is 0.340 e. The Morgan fingerprint density at radius 2 is 1.96 bits per heavy atom. The van der Waals surface area contributed by atoms with E-state index in [9.17, 15) is 4.39 Å². The summed E-state index contributed by atoms with van der Waals surface area (Å²) in [6.07, 6.45) is 5.86. The molecule has 3 N–H and O–H groups in total. The molecule has 6 heteroatoms. The number of hydrogen-bond donors (Lipinski definition) is 2. The van der Waals surface area contributed by atoms with Crippen LogP contribution in [0.15, 0.2) is 48.8 Å². The SMILES string of the molecule is NC1CCc2nc(-c3ccncc3)nc(Nc3cccc(F)c3)c2C1. The van der Waals surface area contributed by atoms with Crippen molar-refractivity contribution in [1.82, 2.24) is 15.0 Å². The highest BCUT2D eigenvalue weighted by Crippen LogP contribution is 2.30. The molecule has 0 saturated heterocycles. The zero-order valence-electron chi connectivity index (χ0n) is 13.6. The first-order chi connectivity index (χ1) is 12.2. The van der Waals surface area contributed by atoms with Crippen molar-refractivity contribution < 1.29 is 4.39 Å². The molecular weight excluding hydrogens is 317 g/mol. The average molecular weight is 335 g/mol. The highest BCUT2D eigenvalue weighted by molar-refractivity contribution is 5.65. The van der Waals surface area contributed by atoms with Gasteiger partial charge in [0.25, 0.3) is 0 Å². The average Bonchev–Trinajstić information content (AvgIpc) is 2.63. The maximum atomic E-state index is 13.5. The van der Waals surface area contributed by atoms with Crippen LogP contribution in [0.25, 0.3) is 11.4 Å². The van der Waals surface area contributed by atoms with Gasteiger partial charge in [0, 0.05) is 40.9 Å². The summed E-state index contributed by atoms with van der Waals surface area (Å²) in [6.45, 7) is 0. The summed E-state index contributed by atoms with van der Waals surface area (Å²) in [7, 11) is 0. The monoisotopic (exact) mass is 335 g/mol. The molecule has 0 radical (unpaired) electrons. The number of nitrogens with one attached hydrogen (secondary N) is 1. The molecule has 0 saturated carbocycles. The molecule has 1 aliphatic rings. The number of hydrogen-bond acceptors (Lipinski definition) is 5. The van der Waals surface area contributed by atoms with Crippen molar-refractivity contribution in [2.75, 3.05) is 5.32 Å². The van der Waals surface area contributed by atoms with Gasteiger partial charge in [0.05, 0.1) is 0 Å². The van der Waals surface area contributed by atoms with Gasteiger partial charge in [-0.15, -0.1) is 0 Å². The van der Waals surface area contributed by atoms with Gasteiger partial charge in [-0.2, -0.15) is 0 Å². The summed E-state index contributed by atoms with van der Waals surface area (Å²) in [5.74, 6) is 1.03. The zero-order chi connectivity index (χ0) is 17.2. The van der Waals surface area contributed by atoms with Crippen LogP contribution in [0.3, 0.4) is 0 Å². The number of benzene rings is 1. The summed E-state index contributed by atoms with van der Waals surface area (Å²) in [5.41, 5.74) is 9.70. The lowest BCUT2D eigenvalue weighted by Crippen LogP contribution is -2.29. The number of halogens is 1. The number of rotatable bonds is 3. The van der Waals surface area contributed by atoms with Gasteiger partial charge in [0.15, 0.2) is 5.82 Å². The van der Waals surface area contributed by atoms with Crippen LogP contribution in [0.2, 0.25) is 0 Å². The van der Waals surface area contributed by atoms with Crippen molar-refractivity contribution in [3.63, 3.8) is 0 Å². The highest BCUT2D eigenvalue weighted by Gasteiger charge is 2.22. The van der Waals surface area contributed by atoms with Gasteiger partial charge in [0.1, 0.15) is 11.6 Å². The topological polar surface area (TPSA) is 76.7 Å². The fraction of sp³-hybridized carbons (Fsp3) is 0.211. The number of aromatic nitrogens is 3. The van der Waals surface area contributed by atoms with Crippen LogP contribution < -0.4 is 11.1 Å². The minimum Gasteiger partial charge on any atom is -0.340 e. The number of anilines is 2. The minimum atomic E-state index is -0.293. The number of fused-ring (bicyclic) bond motifs is 1. The molecule has 1 unspecified atom stereocenters. The molecular formula is C19H18FN5. The lowest BCUT2D eigenvalue weighted by Gasteiger charge is -2.24. The Labute approximate surface area is 145 Å². The summed E-state index contributed by atoms with van der Waals surface area (Å²) >= 11 is 0. The number of nitrogens with zero attached hydrogens (tertiary/aromatic N) is 3. The first kappa shape index (κ1) is 15.7. The fourth-order valence-electron chi connectivity index (χ4n) is 3.07. The lowest BCUT2D eigenvalue weighted by atomic mass is 9.92. The standard InChI is InChI=1S/C19H18FN5/c20-13-2-1-3-15(10-13)23-19-16-11-14(21)4-5-17(16)24-18(25-19)12-6-8-22-9-7-12/h1-3,6-10,14H,4-5,11,21H2,(H,23,24,25). The van der Waals surface area contributed by atoms with E-state index in [1.807, 2.05) is 18.2 Å². The van der Waals surface area contributed by atoms with Crippen molar-refractivity contribution in [2.45, 2.75) is 25.3 Å². The molecule has 1 atom stereocenters. The number of aryl methyl sites for hydroxylation is 1. The van der Waals surface area contributed by atoms with E-state index in [0.717, 1.165) is 29.7 Å². The van der Waals surface area contributed by atoms with E-state index in [2.05, 4.69) is 15.3 Å². The van der Waals surface area contributed by atoms with Crippen LogP contribution >= 0.6 is 0 Å². The smallest absolute Gasteiger partial charge is 0.161 e. The van der Waals surface area contributed by atoms with Gasteiger partial charge in [-0.3, -0.25) is 4.98 Å². The molecule has 126 valence electrons. The molecule has 0 fully saturated rings. The summed E-state index contributed by atoms with van der Waals surface area (Å²) in [6, 6.07) is 10.2. The van der Waals surface area contributed by atoms with E-state index in [4.69, 9.17) is 10.7 Å². The van der Waals surface area contributed by atoms with Crippen LogP contribution in [0.1, 0.15) is 17.7 Å². The molecule has 4 rings (SSSR count). The van der Waals surface area contributed by atoms with Gasteiger partial charge < -0.3 is 11.1 Å². The van der Waals surface area contributed by atoms with Crippen molar-refractivity contribution in [2.24, 2.45) is 5.73 Å². The van der Waals surface area contributed by atoms with Gasteiger partial charge in [-0.1, -0.05) is 6.07 Å². The summed E-state index contributed by atoms with van der Waals surface area (Å²) in [4.78, 5) is 13.5. The molecule has 2 heterocycles. The Kier molecular flexibility index (Phi) is 4.11. The van der Waals surface area contributed by atoms with Crippen molar-refractivity contribution in [3.05, 3.63) is 65.9 Å². The first-order valence-electron chi connectivity index (χ1n) is 8.27. The Morgan fingerprint density at radius 1 is 1.12 bits per heavy atom. The second kappa shape index (κ2) is 6.57. The second-order valence-corrected chi connectivity index (χ2v) is 6.20. The van der Waals surface area contributed by atoms with E-state index in [0.29, 0.717) is 23.8 Å². The van der Waals surface area contributed by atoms with E-state index >= 15 is 0 Å². The molecule has 1 aromatic carbocycles. The van der Waals surface area contributed by atoms with Gasteiger partial charge in [0.2, 0.25) is 0 Å². The molecule has 1 aliphatic carbocycles. The van der Waals surface area contributed by atoms with Gasteiger partial charge >= 0.3 is 0 Å². The van der Waals surface area contributed by atoms with Crippen LogP contribution in [0, 0.1) is 5.82 Å². The quantitative estimate of drug-likeness (QED) is 0.768. The summed E-state index contributed by atoms with van der Waals surface area (Å²) in [5, 5.41) is 3.24. The Bertz CT molecular complexity index is 898. The third-order valence-corrected chi connectivity index (χ3v) is 4.34. The van der Waals surface area contributed by atoms with E-state index < -0.39 is 0 Å². The lowest BCUT2D eigenvalue weighted by molar-refractivity contribution is 0.566. The molecule has 25 heavy (non-hydrogen) atoms. The molecule has 0 aliphatic heterocycles. The normalized spacial score (nSPS) is 16.3. The van der Waals surface area contributed by atoms with Crippen molar-refractivity contribution in [3.8, 4) is 11.4 Å². The molecule has 0 spiro atoms. The summed E-state index contributed by atoms with van der Waals surface area (Å²) < 4.78 is 13.5. The first-order valence-corrected chi connectivity index (χ1v) is 8.27. The number of nitrogens with two attached hydrogens (primary N) is 1. The predicted octanol–water partition coefficient (Wildman–Crippen LogP) is 3.24. The third kappa shape index (κ3) is 3.34. The Morgan fingerprint density at radius 3 is 2.76 bits per heavy atom. The minimum absolute atomic E-state index is 0.0935. The molecule has 0 amide bonds. The van der Waals surface area contributed by atoms with Crippen LogP contribution in [0.5, 0.6) is 0 Å². The highest BCUT2D eigenvalue weighted by atomic mass is 19.1. The molecule has 2 aromatic heterocycles. The Hall–Kier alpha value is -2.86. The maximum Gasteiger partial charge on any atom is 0.161 e. The van der Waals surface area contributed by atoms with E-state index in [-0.39, 0.29) is 11.9 Å². The maximum absolute atomic E-state index is 13.5. The third-order valence-electron chi connectivity index (χ3n) is 4.34. The fourth-order valence-corrected chi connectivity index (χ4v) is 3.07. The molecule has 3 aromatic rings. The van der Waals surface area contributed by atoms with E-state index in [1.165, 1.54) is 12.1 Å². The number of pyridine rings is 1. The molecule has 5 nitrogen and oxygen atoms in total. The van der Waals surface area contributed by atoms with Gasteiger partial charge in [-0.05, 0) is 49.6 Å². The van der Waals surface area contributed by atoms with Gasteiger partial charge in [-0.25, -0.2) is 14.4 Å². The Balaban J connectivity index is 1.80. The van der Waals surface area contributed by atoms with Crippen LogP contribution in [-0.2, 0) is 12.8 Å².